The van der Waals surface area contributed by atoms with Crippen LogP contribution >= 0.6 is 0 Å². The van der Waals surface area contributed by atoms with Crippen molar-refractivity contribution < 1.29 is 33.0 Å². The molecule has 13 nitrogen and oxygen atoms in total. The Morgan fingerprint density at radius 1 is 0.684 bits per heavy atom. The van der Waals surface area contributed by atoms with Gasteiger partial charge in [0.25, 0.3) is 17.0 Å². The lowest BCUT2D eigenvalue weighted by molar-refractivity contribution is 0.0255. The molecule has 3 heterocycles. The molecule has 15 heteroatoms. The Kier molecular flexibility index (Phi) is 11.9. The number of hydrogen-bond donors (Lipinski definition) is 3. The highest BCUT2D eigenvalue weighted by molar-refractivity contribution is 5.95. The van der Waals surface area contributed by atoms with Gasteiger partial charge in [-0.25, -0.2) is 28.6 Å². The first-order valence-electron chi connectivity index (χ1n) is 18.2. The van der Waals surface area contributed by atoms with Gasteiger partial charge in [0.15, 0.2) is 0 Å². The summed E-state index contributed by atoms with van der Waals surface area (Å²) in [5, 5.41) is 24.5. The summed E-state index contributed by atoms with van der Waals surface area (Å²) < 4.78 is 33.6. The fourth-order valence-electron chi connectivity index (χ4n) is 6.49. The number of nitrogens with zero attached hydrogens (tertiary/aromatic N) is 4. The van der Waals surface area contributed by atoms with Crippen molar-refractivity contribution in [3.8, 4) is 0 Å². The lowest BCUT2D eigenvalue weighted by Crippen LogP contribution is -2.40. The van der Waals surface area contributed by atoms with E-state index in [1.807, 2.05) is 12.1 Å². The summed E-state index contributed by atoms with van der Waals surface area (Å²) in [6.45, 7) is 6.89. The van der Waals surface area contributed by atoms with Crippen LogP contribution in [0.4, 0.5) is 13.6 Å². The molecule has 4 aromatic carbocycles. The highest BCUT2D eigenvalue weighted by Gasteiger charge is 2.27. The average Bonchev–Trinajstić information content (AvgIpc) is 3.45. The predicted octanol–water partition coefficient (Wildman–Crippen LogP) is 6.09. The van der Waals surface area contributed by atoms with E-state index in [2.05, 4.69) is 20.4 Å². The number of rotatable bonds is 6. The number of amides is 2. The molecular weight excluding hydrogens is 738 g/mol. The highest BCUT2D eigenvalue weighted by Crippen LogP contribution is 2.22. The number of H-pyrrole nitrogens is 2. The van der Waals surface area contributed by atoms with Crippen molar-refractivity contribution in [2.45, 2.75) is 45.6 Å². The van der Waals surface area contributed by atoms with E-state index in [0.29, 0.717) is 76.5 Å². The molecule has 2 amide bonds. The zero-order chi connectivity index (χ0) is 40.9. The number of aromatic carboxylic acids is 1. The number of fused-ring (bicyclic) bond motifs is 2. The van der Waals surface area contributed by atoms with Crippen molar-refractivity contribution in [1.29, 1.82) is 0 Å². The van der Waals surface area contributed by atoms with Crippen LogP contribution < -0.4 is 11.1 Å². The van der Waals surface area contributed by atoms with Gasteiger partial charge in [0, 0.05) is 49.8 Å². The molecule has 1 fully saturated rings. The number of carboxylic acid groups (broad SMARTS) is 1. The number of carbonyl (C=O) groups excluding carboxylic acids is 2. The van der Waals surface area contributed by atoms with Gasteiger partial charge in [0.05, 0.1) is 33.3 Å². The van der Waals surface area contributed by atoms with Crippen LogP contribution in [0.15, 0.2) is 94.5 Å². The normalized spacial score (nSPS) is 13.1. The van der Waals surface area contributed by atoms with Gasteiger partial charge >= 0.3 is 12.1 Å². The first-order valence-corrected chi connectivity index (χ1v) is 18.2. The monoisotopic (exact) mass is 778 g/mol. The molecule has 1 aliphatic rings. The summed E-state index contributed by atoms with van der Waals surface area (Å²) >= 11 is 0. The number of halogens is 2. The van der Waals surface area contributed by atoms with Crippen molar-refractivity contribution in [1.82, 2.24) is 30.2 Å². The van der Waals surface area contributed by atoms with Crippen molar-refractivity contribution in [3.05, 3.63) is 151 Å². The maximum absolute atomic E-state index is 14.7. The molecule has 57 heavy (non-hydrogen) atoms. The number of carbonyl (C=O) groups is 3. The molecule has 0 bridgehead atoms. The standard InChI is InChI=1S/C26H29FN4O4.C16H11FN2O3/c1-26(2,3)35-25(34)31-12-6-11-30(13-14-31)24(33)20-15-17(9-10-21(20)27)16-22-18-7-4-5-8-19(18)23(32)29-28-22;17-13-6-5-9(7-12(13)16(21)22)8-14-10-3-1-2-4-11(10)15(20)19-18-14/h4-5,7-10,15H,6,11-14,16H2,1-3H3,(H,29,32);1-7H,8H2,(H,19,20)(H,21,22). The second kappa shape index (κ2) is 16.9. The zero-order valence-corrected chi connectivity index (χ0v) is 31.5. The molecule has 7 rings (SSSR count). The molecule has 0 aliphatic carbocycles. The summed E-state index contributed by atoms with van der Waals surface area (Å²) in [6, 6.07) is 22.5. The summed E-state index contributed by atoms with van der Waals surface area (Å²) in [4.78, 5) is 63.6. The van der Waals surface area contributed by atoms with Crippen molar-refractivity contribution in [2.24, 2.45) is 0 Å². The van der Waals surface area contributed by atoms with Crippen molar-refractivity contribution >= 4 is 39.5 Å². The largest absolute Gasteiger partial charge is 0.478 e. The second-order valence-corrected chi connectivity index (χ2v) is 14.5. The maximum atomic E-state index is 14.7. The summed E-state index contributed by atoms with van der Waals surface area (Å²) in [6.07, 6.45) is 0.766. The van der Waals surface area contributed by atoms with Crippen LogP contribution in [0, 0.1) is 11.6 Å². The number of ether oxygens (including phenoxy) is 1. The lowest BCUT2D eigenvalue weighted by Gasteiger charge is -2.26. The van der Waals surface area contributed by atoms with Gasteiger partial charge in [-0.15, -0.1) is 0 Å². The highest BCUT2D eigenvalue weighted by atomic mass is 19.1. The Morgan fingerprint density at radius 2 is 1.14 bits per heavy atom. The van der Waals surface area contributed by atoms with Crippen molar-refractivity contribution in [3.63, 3.8) is 0 Å². The zero-order valence-electron chi connectivity index (χ0n) is 31.5. The quantitative estimate of drug-likeness (QED) is 0.181. The minimum atomic E-state index is -1.32. The third kappa shape index (κ3) is 9.55. The van der Waals surface area contributed by atoms with Gasteiger partial charge < -0.3 is 19.6 Å². The Morgan fingerprint density at radius 3 is 1.65 bits per heavy atom. The van der Waals surface area contributed by atoms with Crippen LogP contribution in [0.1, 0.15) is 70.4 Å². The molecular formula is C42H40F2N6O7. The number of nitrogens with one attached hydrogen (secondary N) is 2. The fourth-order valence-corrected chi connectivity index (χ4v) is 6.49. The van der Waals surface area contributed by atoms with E-state index in [1.54, 1.807) is 73.0 Å². The van der Waals surface area contributed by atoms with Crippen LogP contribution in [0.25, 0.3) is 21.5 Å². The Bertz CT molecular complexity index is 2600. The molecule has 0 atom stereocenters. The Hall–Kier alpha value is -6.77. The van der Waals surface area contributed by atoms with E-state index in [-0.39, 0.29) is 35.2 Å². The molecule has 294 valence electrons. The third-order valence-corrected chi connectivity index (χ3v) is 9.25. The summed E-state index contributed by atoms with van der Waals surface area (Å²) in [5.41, 5.74) is 0.951. The SMILES string of the molecule is CC(C)(C)OC(=O)N1CCCN(C(=O)c2cc(Cc3n[nH]c(=O)c4ccccc34)ccc2F)CC1.O=C(O)c1cc(Cc2n[nH]c(=O)c3ccccc23)ccc1F. The van der Waals surface area contributed by atoms with E-state index in [1.165, 1.54) is 24.3 Å². The molecule has 6 aromatic rings. The third-order valence-electron chi connectivity index (χ3n) is 9.25. The predicted molar refractivity (Wildman–Crippen MR) is 208 cm³/mol. The van der Waals surface area contributed by atoms with Crippen LogP contribution in [-0.4, -0.2) is 85.1 Å². The van der Waals surface area contributed by atoms with Crippen LogP contribution in [0.3, 0.4) is 0 Å². The summed E-state index contributed by atoms with van der Waals surface area (Å²) in [7, 11) is 0. The Balaban J connectivity index is 0.000000214. The smallest absolute Gasteiger partial charge is 0.410 e. The fraction of sp³-hybridized carbons (Fsp3) is 0.262. The average molecular weight is 779 g/mol. The number of benzene rings is 4. The molecule has 1 saturated heterocycles. The first kappa shape index (κ1) is 39.9. The van der Waals surface area contributed by atoms with Crippen LogP contribution in [0.2, 0.25) is 0 Å². The van der Waals surface area contributed by atoms with Gasteiger partial charge in [0.1, 0.15) is 17.2 Å². The van der Waals surface area contributed by atoms with E-state index in [0.717, 1.165) is 6.07 Å². The molecule has 0 saturated carbocycles. The van der Waals surface area contributed by atoms with Gasteiger partial charge in [-0.2, -0.15) is 10.2 Å². The minimum absolute atomic E-state index is 0.0260. The minimum Gasteiger partial charge on any atom is -0.478 e. The Labute approximate surface area is 324 Å². The van der Waals surface area contributed by atoms with Crippen molar-refractivity contribution in [2.75, 3.05) is 26.2 Å². The second-order valence-electron chi connectivity index (χ2n) is 14.5. The molecule has 0 spiro atoms. The number of hydrogen-bond acceptors (Lipinski definition) is 8. The van der Waals surface area contributed by atoms with Gasteiger partial charge in [-0.1, -0.05) is 48.5 Å². The van der Waals surface area contributed by atoms with Crippen LogP contribution in [0.5, 0.6) is 0 Å². The van der Waals surface area contributed by atoms with E-state index < -0.39 is 35.2 Å². The topological polar surface area (TPSA) is 179 Å². The summed E-state index contributed by atoms with van der Waals surface area (Å²) in [5.74, 6) is -3.13. The number of carboxylic acids is 1. The van der Waals surface area contributed by atoms with Gasteiger partial charge in [-0.3, -0.25) is 14.4 Å². The number of aromatic nitrogens is 4. The molecule has 1 aliphatic heterocycles. The first-order chi connectivity index (χ1) is 27.2. The van der Waals surface area contributed by atoms with E-state index in [4.69, 9.17) is 9.84 Å². The lowest BCUT2D eigenvalue weighted by atomic mass is 10.0. The molecule has 2 aromatic heterocycles. The van der Waals surface area contributed by atoms with Gasteiger partial charge in [0.2, 0.25) is 0 Å². The molecule has 0 radical (unpaired) electrons. The maximum Gasteiger partial charge on any atom is 0.410 e. The van der Waals surface area contributed by atoms with Crippen LogP contribution in [-0.2, 0) is 17.6 Å². The molecule has 0 unspecified atom stereocenters. The number of aromatic amines is 2. The van der Waals surface area contributed by atoms with Gasteiger partial charge in [-0.05, 0) is 74.7 Å². The molecule has 3 N–H and O–H groups in total. The van der Waals surface area contributed by atoms with E-state index in [9.17, 15) is 32.8 Å². The van der Waals surface area contributed by atoms with E-state index >= 15 is 0 Å².